The Kier molecular flexibility index (Phi) is 7.35. The van der Waals surface area contributed by atoms with Gasteiger partial charge in [0.2, 0.25) is 0 Å². The Hall–Kier alpha value is -2.19. The summed E-state index contributed by atoms with van der Waals surface area (Å²) in [6, 6.07) is 6.49. The van der Waals surface area contributed by atoms with Crippen LogP contribution in [0.2, 0.25) is 0 Å². The van der Waals surface area contributed by atoms with Crippen LogP contribution in [0.15, 0.2) is 29.3 Å². The molecule has 2 rings (SSSR count). The summed E-state index contributed by atoms with van der Waals surface area (Å²) in [5, 5.41) is 17.4. The summed E-state index contributed by atoms with van der Waals surface area (Å²) in [4.78, 5) is 17.3. The van der Waals surface area contributed by atoms with Crippen molar-refractivity contribution in [3.63, 3.8) is 0 Å². The first-order chi connectivity index (χ1) is 12.4. The van der Waals surface area contributed by atoms with Crippen molar-refractivity contribution in [1.29, 1.82) is 0 Å². The monoisotopic (exact) mass is 363 g/mol. The van der Waals surface area contributed by atoms with Crippen LogP contribution in [-0.2, 0) is 11.3 Å². The number of rotatable bonds is 7. The van der Waals surface area contributed by atoms with Crippen LogP contribution in [0.5, 0.6) is 0 Å². The third-order valence-corrected chi connectivity index (χ3v) is 4.47. The molecule has 8 nitrogen and oxygen atoms in total. The van der Waals surface area contributed by atoms with Crippen LogP contribution >= 0.6 is 0 Å². The molecule has 0 radical (unpaired) electrons. The maximum absolute atomic E-state index is 10.7. The lowest BCUT2D eigenvalue weighted by Crippen LogP contribution is -2.56. The Balaban J connectivity index is 1.94. The van der Waals surface area contributed by atoms with Gasteiger partial charge in [-0.15, -0.1) is 0 Å². The summed E-state index contributed by atoms with van der Waals surface area (Å²) >= 11 is 0. The minimum absolute atomic E-state index is 0.00662. The third-order valence-electron chi connectivity index (χ3n) is 4.47. The Morgan fingerprint density at radius 3 is 2.50 bits per heavy atom. The molecule has 0 bridgehead atoms. The first-order valence-corrected chi connectivity index (χ1v) is 9.00. The predicted octanol–water partition coefficient (Wildman–Crippen LogP) is 1.76. The number of nitrogens with one attached hydrogen (secondary N) is 2. The molecule has 8 heteroatoms. The molecule has 2 N–H and O–H groups in total. The largest absolute Gasteiger partial charge is 0.379 e. The normalized spacial score (nSPS) is 16.3. The number of hydrogen-bond donors (Lipinski definition) is 2. The van der Waals surface area contributed by atoms with Crippen molar-refractivity contribution in [3.8, 4) is 0 Å². The fraction of sp³-hybridized carbons (Fsp3) is 0.611. The molecule has 0 aliphatic carbocycles. The highest BCUT2D eigenvalue weighted by Gasteiger charge is 2.28. The van der Waals surface area contributed by atoms with Crippen LogP contribution in [0.25, 0.3) is 0 Å². The van der Waals surface area contributed by atoms with Gasteiger partial charge in [0.15, 0.2) is 5.96 Å². The van der Waals surface area contributed by atoms with Gasteiger partial charge >= 0.3 is 0 Å². The van der Waals surface area contributed by atoms with E-state index < -0.39 is 4.92 Å². The molecule has 0 amide bonds. The Labute approximate surface area is 154 Å². The van der Waals surface area contributed by atoms with Crippen LogP contribution in [0, 0.1) is 10.1 Å². The number of benzene rings is 1. The van der Waals surface area contributed by atoms with E-state index in [0.29, 0.717) is 6.54 Å². The minimum atomic E-state index is -0.396. The van der Waals surface area contributed by atoms with Crippen molar-refractivity contribution < 1.29 is 9.66 Å². The van der Waals surface area contributed by atoms with E-state index in [2.05, 4.69) is 34.4 Å². The van der Waals surface area contributed by atoms with Gasteiger partial charge in [-0.3, -0.25) is 15.0 Å². The van der Waals surface area contributed by atoms with Crippen molar-refractivity contribution in [2.75, 3.05) is 39.4 Å². The number of aliphatic imine (C=N–C) groups is 1. The van der Waals surface area contributed by atoms with E-state index in [4.69, 9.17) is 4.74 Å². The van der Waals surface area contributed by atoms with E-state index in [1.807, 2.05) is 6.92 Å². The third kappa shape index (κ3) is 5.96. The molecule has 26 heavy (non-hydrogen) atoms. The number of morpholine rings is 1. The van der Waals surface area contributed by atoms with Crippen LogP contribution in [-0.4, -0.2) is 60.7 Å². The SMILES string of the molecule is CCNC(=NCc1ccc([N+](=O)[O-])cc1)NCC(C)(C)N1CCOCC1. The number of guanidine groups is 1. The highest BCUT2D eigenvalue weighted by Crippen LogP contribution is 2.15. The minimum Gasteiger partial charge on any atom is -0.379 e. The summed E-state index contributed by atoms with van der Waals surface area (Å²) in [6.45, 7) is 11.9. The van der Waals surface area contributed by atoms with Crippen LogP contribution in [0.4, 0.5) is 5.69 Å². The Bertz CT molecular complexity index is 610. The zero-order valence-corrected chi connectivity index (χ0v) is 15.8. The molecule has 1 aliphatic heterocycles. The van der Waals surface area contributed by atoms with Gasteiger partial charge in [0.25, 0.3) is 5.69 Å². The summed E-state index contributed by atoms with van der Waals surface area (Å²) in [5.41, 5.74) is 1.02. The number of ether oxygens (including phenoxy) is 1. The fourth-order valence-electron chi connectivity index (χ4n) is 2.82. The predicted molar refractivity (Wildman–Crippen MR) is 102 cm³/mol. The second-order valence-electron chi connectivity index (χ2n) is 6.88. The summed E-state index contributed by atoms with van der Waals surface area (Å²) < 4.78 is 5.43. The average molecular weight is 363 g/mol. The molecule has 0 spiro atoms. The number of nitrogens with zero attached hydrogens (tertiary/aromatic N) is 3. The molecule has 1 fully saturated rings. The van der Waals surface area contributed by atoms with Crippen molar-refractivity contribution in [3.05, 3.63) is 39.9 Å². The topological polar surface area (TPSA) is 92.0 Å². The van der Waals surface area contributed by atoms with E-state index >= 15 is 0 Å². The molecular weight excluding hydrogens is 334 g/mol. The molecule has 144 valence electrons. The van der Waals surface area contributed by atoms with Crippen LogP contribution in [0.1, 0.15) is 26.3 Å². The standard InChI is InChI=1S/C18H29N5O3/c1-4-19-17(20-13-15-5-7-16(8-6-15)23(24)25)21-14-18(2,3)22-9-11-26-12-10-22/h5-8H,4,9-14H2,1-3H3,(H2,19,20,21). The van der Waals surface area contributed by atoms with Crippen molar-refractivity contribution in [1.82, 2.24) is 15.5 Å². The highest BCUT2D eigenvalue weighted by molar-refractivity contribution is 5.79. The molecule has 0 aromatic heterocycles. The number of nitro benzene ring substituents is 1. The second-order valence-corrected chi connectivity index (χ2v) is 6.88. The maximum Gasteiger partial charge on any atom is 0.269 e. The Morgan fingerprint density at radius 1 is 1.27 bits per heavy atom. The van der Waals surface area contributed by atoms with E-state index in [1.165, 1.54) is 12.1 Å². The average Bonchev–Trinajstić information content (AvgIpc) is 2.65. The smallest absolute Gasteiger partial charge is 0.269 e. The second kappa shape index (κ2) is 9.49. The maximum atomic E-state index is 10.7. The molecule has 1 saturated heterocycles. The van der Waals surface area contributed by atoms with Gasteiger partial charge in [0, 0.05) is 43.9 Å². The molecule has 1 aromatic carbocycles. The van der Waals surface area contributed by atoms with Gasteiger partial charge in [0.1, 0.15) is 0 Å². The van der Waals surface area contributed by atoms with Crippen molar-refractivity contribution in [2.45, 2.75) is 32.9 Å². The molecule has 1 aromatic rings. The van der Waals surface area contributed by atoms with Gasteiger partial charge < -0.3 is 15.4 Å². The van der Waals surface area contributed by atoms with Gasteiger partial charge in [-0.05, 0) is 26.3 Å². The van der Waals surface area contributed by atoms with Crippen molar-refractivity contribution in [2.24, 2.45) is 4.99 Å². The molecular formula is C18H29N5O3. The van der Waals surface area contributed by atoms with E-state index in [0.717, 1.165) is 50.9 Å². The van der Waals surface area contributed by atoms with E-state index in [-0.39, 0.29) is 11.2 Å². The van der Waals surface area contributed by atoms with E-state index in [9.17, 15) is 10.1 Å². The lowest BCUT2D eigenvalue weighted by Gasteiger charge is -2.41. The zero-order chi connectivity index (χ0) is 19.0. The molecule has 0 unspecified atom stereocenters. The number of nitro groups is 1. The molecule has 1 heterocycles. The van der Waals surface area contributed by atoms with Gasteiger partial charge in [-0.1, -0.05) is 12.1 Å². The van der Waals surface area contributed by atoms with E-state index in [1.54, 1.807) is 12.1 Å². The number of hydrogen-bond acceptors (Lipinski definition) is 5. The summed E-state index contributed by atoms with van der Waals surface area (Å²) in [5.74, 6) is 0.743. The quantitative estimate of drug-likeness (QED) is 0.332. The summed E-state index contributed by atoms with van der Waals surface area (Å²) in [6.07, 6.45) is 0. The van der Waals surface area contributed by atoms with Crippen LogP contribution in [0.3, 0.4) is 0 Å². The van der Waals surface area contributed by atoms with Crippen LogP contribution < -0.4 is 10.6 Å². The highest BCUT2D eigenvalue weighted by atomic mass is 16.6. The zero-order valence-electron chi connectivity index (χ0n) is 15.8. The van der Waals surface area contributed by atoms with Gasteiger partial charge in [-0.25, -0.2) is 4.99 Å². The first-order valence-electron chi connectivity index (χ1n) is 9.00. The fourth-order valence-corrected chi connectivity index (χ4v) is 2.82. The lowest BCUT2D eigenvalue weighted by atomic mass is 10.0. The number of non-ortho nitro benzene ring substituents is 1. The lowest BCUT2D eigenvalue weighted by molar-refractivity contribution is -0.384. The van der Waals surface area contributed by atoms with Crippen molar-refractivity contribution >= 4 is 11.6 Å². The summed E-state index contributed by atoms with van der Waals surface area (Å²) in [7, 11) is 0. The van der Waals surface area contributed by atoms with Gasteiger partial charge in [-0.2, -0.15) is 0 Å². The first kappa shape index (κ1) is 20.1. The Morgan fingerprint density at radius 2 is 1.92 bits per heavy atom. The molecule has 0 saturated carbocycles. The molecule has 0 atom stereocenters. The van der Waals surface area contributed by atoms with Gasteiger partial charge in [0.05, 0.1) is 24.7 Å². The molecule has 1 aliphatic rings.